The Morgan fingerprint density at radius 2 is 2.17 bits per heavy atom. The smallest absolute Gasteiger partial charge is 0 e. The van der Waals surface area contributed by atoms with Gasteiger partial charge in [-0.25, -0.2) is 0 Å². The third-order valence-electron chi connectivity index (χ3n) is 2.20. The second-order valence-electron chi connectivity index (χ2n) is 3.85. The van der Waals surface area contributed by atoms with E-state index in [-0.39, 0.29) is 32.7 Å². The third-order valence-corrected chi connectivity index (χ3v) is 2.20. The van der Waals surface area contributed by atoms with E-state index in [1.807, 2.05) is 0 Å². The second-order valence-corrected chi connectivity index (χ2v) is 3.85. The van der Waals surface area contributed by atoms with Gasteiger partial charge in [-0.05, 0) is 12.5 Å². The van der Waals surface area contributed by atoms with Crippen molar-refractivity contribution < 1.29 is 32.7 Å². The monoisotopic (exact) mass is 242 g/mol. The molecule has 1 nitrogen and oxygen atoms in total. The molecule has 0 saturated carbocycles. The fraction of sp³-hybridized carbons (Fsp3) is 0.800. The minimum absolute atomic E-state index is 0. The fourth-order valence-electron chi connectivity index (χ4n) is 1.63. The van der Waals surface area contributed by atoms with E-state index in [4.69, 9.17) is 0 Å². The van der Waals surface area contributed by atoms with Crippen LogP contribution in [0, 0.1) is 19.4 Å². The van der Waals surface area contributed by atoms with Crippen molar-refractivity contribution in [2.45, 2.75) is 39.2 Å². The fourth-order valence-corrected chi connectivity index (χ4v) is 1.63. The van der Waals surface area contributed by atoms with Crippen molar-refractivity contribution >= 4 is 0 Å². The molecule has 0 spiro atoms. The topological polar surface area (TPSA) is 3.24 Å². The van der Waals surface area contributed by atoms with Crippen LogP contribution in [0.4, 0.5) is 0 Å². The van der Waals surface area contributed by atoms with Crippen molar-refractivity contribution in [3.8, 4) is 0 Å². The van der Waals surface area contributed by atoms with Gasteiger partial charge in [0.15, 0.2) is 0 Å². The molecule has 12 heavy (non-hydrogen) atoms. The summed E-state index contributed by atoms with van der Waals surface area (Å²) in [6, 6.07) is 0.512. The molecule has 1 aliphatic rings. The van der Waals surface area contributed by atoms with Crippen molar-refractivity contribution in [2.75, 3.05) is 6.54 Å². The number of nitrogens with zero attached hydrogens (tertiary/aromatic N) is 1. The zero-order chi connectivity index (χ0) is 8.27. The quantitative estimate of drug-likeness (QED) is 0.687. The third kappa shape index (κ3) is 4.34. The van der Waals surface area contributed by atoms with Crippen LogP contribution in [0.25, 0.3) is 0 Å². The van der Waals surface area contributed by atoms with E-state index in [1.54, 1.807) is 0 Å². The van der Waals surface area contributed by atoms with Crippen LogP contribution in [0.5, 0.6) is 0 Å². The summed E-state index contributed by atoms with van der Waals surface area (Å²) in [4.78, 5) is 2.39. The van der Waals surface area contributed by atoms with Gasteiger partial charge in [-0.1, -0.05) is 26.7 Å². The molecule has 1 heterocycles. The maximum atomic E-state index is 4.15. The van der Waals surface area contributed by atoms with Crippen molar-refractivity contribution in [3.63, 3.8) is 0 Å². The van der Waals surface area contributed by atoms with Crippen molar-refractivity contribution in [1.82, 2.24) is 4.90 Å². The number of likely N-dealkylation sites (tertiary alicyclic amines) is 1. The largest absolute Gasteiger partial charge is 0.479 e. The Morgan fingerprint density at radius 3 is 2.58 bits per heavy atom. The molecule has 1 fully saturated rings. The Balaban J connectivity index is 0.00000121. The van der Waals surface area contributed by atoms with E-state index < -0.39 is 0 Å². The minimum Gasteiger partial charge on any atom is -0.479 e. The molecule has 0 bridgehead atoms. The molecule has 0 amide bonds. The van der Waals surface area contributed by atoms with Gasteiger partial charge in [-0.15, -0.1) is 6.04 Å². The first kappa shape index (κ1) is 13.1. The summed E-state index contributed by atoms with van der Waals surface area (Å²) < 4.78 is 0. The first-order valence-corrected chi connectivity index (χ1v) is 4.62. The number of rotatable bonds is 3. The van der Waals surface area contributed by atoms with Gasteiger partial charge in [0.05, 0.1) is 0 Å². The second kappa shape index (κ2) is 6.51. The van der Waals surface area contributed by atoms with Gasteiger partial charge in [-0.3, -0.25) is 6.54 Å². The normalized spacial score (nSPS) is 21.0. The van der Waals surface area contributed by atoms with E-state index in [0.717, 1.165) is 5.92 Å². The molecular formula is C10H19NY-2. The van der Waals surface area contributed by atoms with Crippen LogP contribution in [0.2, 0.25) is 0 Å². The van der Waals surface area contributed by atoms with Crippen LogP contribution in [-0.2, 0) is 32.7 Å². The van der Waals surface area contributed by atoms with Gasteiger partial charge in [0.2, 0.25) is 0 Å². The summed E-state index contributed by atoms with van der Waals surface area (Å²) in [5, 5.41) is 0. The molecule has 1 aliphatic heterocycles. The Labute approximate surface area is 102 Å². The summed E-state index contributed by atoms with van der Waals surface area (Å²) in [5.41, 5.74) is 0. The summed E-state index contributed by atoms with van der Waals surface area (Å²) in [6.07, 6.45) is 3.80. The zero-order valence-electron chi connectivity index (χ0n) is 8.29. The van der Waals surface area contributed by atoms with Gasteiger partial charge < -0.3 is 11.8 Å². The van der Waals surface area contributed by atoms with Gasteiger partial charge in [0.1, 0.15) is 0 Å². The van der Waals surface area contributed by atoms with E-state index in [9.17, 15) is 0 Å². The van der Waals surface area contributed by atoms with Crippen LogP contribution in [0.3, 0.4) is 0 Å². The van der Waals surface area contributed by atoms with Gasteiger partial charge in [0, 0.05) is 32.7 Å². The molecule has 1 atom stereocenters. The Bertz CT molecular complexity index is 108. The predicted molar refractivity (Wildman–Crippen MR) is 48.8 cm³/mol. The van der Waals surface area contributed by atoms with Crippen LogP contribution >= 0.6 is 0 Å². The molecule has 1 rings (SSSR count). The van der Waals surface area contributed by atoms with Crippen LogP contribution in [-0.4, -0.2) is 17.5 Å². The molecule has 1 saturated heterocycles. The number of hydrogen-bond donors (Lipinski definition) is 0. The molecule has 1 unspecified atom stereocenters. The average molecular weight is 242 g/mol. The molecule has 0 N–H and O–H groups in total. The number of hydrogen-bond acceptors (Lipinski definition) is 1. The van der Waals surface area contributed by atoms with Crippen molar-refractivity contribution in [2.24, 2.45) is 5.92 Å². The van der Waals surface area contributed by atoms with E-state index >= 15 is 0 Å². The van der Waals surface area contributed by atoms with Crippen molar-refractivity contribution in [1.29, 1.82) is 0 Å². The molecule has 0 aliphatic carbocycles. The molecule has 0 aromatic rings. The maximum absolute atomic E-state index is 4.15. The summed E-state index contributed by atoms with van der Waals surface area (Å²) in [6.45, 7) is 12.2. The molecule has 0 aromatic heterocycles. The molecule has 2 heteroatoms. The average Bonchev–Trinajstić information content (AvgIpc) is 2.35. The van der Waals surface area contributed by atoms with Crippen LogP contribution < -0.4 is 0 Å². The summed E-state index contributed by atoms with van der Waals surface area (Å²) >= 11 is 0. The van der Waals surface area contributed by atoms with E-state index in [0.29, 0.717) is 6.04 Å². The molecule has 69 valence electrons. The summed E-state index contributed by atoms with van der Waals surface area (Å²) in [7, 11) is 0. The molecule has 1 radical (unpaired) electrons. The standard InChI is InChI=1S/C10H19N.Y/c1-9(2)8-10(3)11-6-4-5-7-11;/h6,9-10H,3-5,7-8H2,1-2H3;/q-2;. The summed E-state index contributed by atoms with van der Waals surface area (Å²) in [5.74, 6) is 0.770. The first-order valence-electron chi connectivity index (χ1n) is 4.62. The van der Waals surface area contributed by atoms with E-state index in [1.165, 1.54) is 25.8 Å². The SMILES string of the molecule is [CH2-]C(CC(C)C)N1[CH-]CCC1.[Y]. The minimum atomic E-state index is 0. The molecular weight excluding hydrogens is 223 g/mol. The zero-order valence-corrected chi connectivity index (χ0v) is 11.1. The van der Waals surface area contributed by atoms with E-state index in [2.05, 4.69) is 32.2 Å². The Morgan fingerprint density at radius 1 is 1.50 bits per heavy atom. The first-order chi connectivity index (χ1) is 5.20. The van der Waals surface area contributed by atoms with Gasteiger partial charge in [-0.2, -0.15) is 6.42 Å². The predicted octanol–water partition coefficient (Wildman–Crippen LogP) is 2.49. The Kier molecular flexibility index (Phi) is 7.08. The van der Waals surface area contributed by atoms with Gasteiger partial charge in [0.25, 0.3) is 0 Å². The van der Waals surface area contributed by atoms with Crippen LogP contribution in [0.15, 0.2) is 0 Å². The van der Waals surface area contributed by atoms with Gasteiger partial charge >= 0.3 is 0 Å². The molecule has 0 aromatic carbocycles. The van der Waals surface area contributed by atoms with Crippen LogP contribution in [0.1, 0.15) is 33.1 Å². The van der Waals surface area contributed by atoms with Crippen molar-refractivity contribution in [3.05, 3.63) is 13.5 Å². The maximum Gasteiger partial charge on any atom is 0 e. The Hall–Kier alpha value is 1.06.